The molecule has 0 spiro atoms. The Labute approximate surface area is 95.5 Å². The van der Waals surface area contributed by atoms with E-state index in [4.69, 9.17) is 0 Å². The van der Waals surface area contributed by atoms with Crippen LogP contribution in [-0.2, 0) is 0 Å². The Morgan fingerprint density at radius 3 is 2.92 bits per heavy atom. The van der Waals surface area contributed by atoms with Crippen LogP contribution < -0.4 is 34.7 Å². The third-order valence-electron chi connectivity index (χ3n) is 1.55. The van der Waals surface area contributed by atoms with Crippen molar-refractivity contribution in [1.82, 2.24) is 15.0 Å². The Balaban J connectivity index is 0.000000845. The summed E-state index contributed by atoms with van der Waals surface area (Å²) in [5.74, 6) is -1.26. The topological polar surface area (TPSA) is 81.7 Å². The summed E-state index contributed by atoms with van der Waals surface area (Å²) >= 11 is 0. The number of aromatic carboxylic acids is 1. The number of aromatic nitrogens is 3. The fraction of sp³-hybridized carbons (Fsp3) is 0. The van der Waals surface area contributed by atoms with Gasteiger partial charge in [-0.3, -0.25) is 4.98 Å². The van der Waals surface area contributed by atoms with Crippen molar-refractivity contribution in [2.24, 2.45) is 0 Å². The number of hydrogen-bond acceptors (Lipinski definition) is 4. The number of carbonyl (C=O) groups is 1. The number of nitrogens with zero attached hydrogens (tertiary/aromatic N) is 2. The molecule has 1 N–H and O–H groups in total. The minimum absolute atomic E-state index is 0. The van der Waals surface area contributed by atoms with Gasteiger partial charge in [-0.25, -0.2) is 4.98 Å². The molecule has 2 heterocycles. The molecule has 0 atom stereocenters. The minimum atomic E-state index is -1.26. The Kier molecular flexibility index (Phi) is 3.02. The first kappa shape index (κ1) is 10.2. The average Bonchev–Trinajstić information content (AvgIpc) is 2.49. The number of carboxylic acids is 1. The number of fused-ring (bicyclic) bond motifs is 1. The van der Waals surface area contributed by atoms with Gasteiger partial charge in [0, 0.05) is 11.8 Å². The first-order chi connectivity index (χ1) is 5.79. The van der Waals surface area contributed by atoms with E-state index in [1.807, 2.05) is 0 Å². The Bertz CT molecular complexity index is 440. The monoisotopic (exact) mass is 185 g/mol. The van der Waals surface area contributed by atoms with Gasteiger partial charge >= 0.3 is 29.6 Å². The summed E-state index contributed by atoms with van der Waals surface area (Å²) in [7, 11) is 0. The molecule has 0 unspecified atom stereocenters. The van der Waals surface area contributed by atoms with Crippen LogP contribution in [0.1, 0.15) is 10.4 Å². The molecular weight excluding hydrogens is 181 g/mol. The van der Waals surface area contributed by atoms with E-state index in [1.54, 1.807) is 0 Å². The molecule has 6 heteroatoms. The Morgan fingerprint density at radius 1 is 1.46 bits per heavy atom. The number of carbonyl (C=O) groups excluding carboxylic acids is 1. The van der Waals surface area contributed by atoms with Crippen molar-refractivity contribution >= 4 is 17.0 Å². The smallest absolute Gasteiger partial charge is 0.545 e. The van der Waals surface area contributed by atoms with Crippen LogP contribution >= 0.6 is 0 Å². The number of carboxylic acid groups (broad SMARTS) is 1. The zero-order chi connectivity index (χ0) is 8.55. The summed E-state index contributed by atoms with van der Waals surface area (Å²) < 4.78 is 0. The molecule has 0 fully saturated rings. The summed E-state index contributed by atoms with van der Waals surface area (Å²) in [6.07, 6.45) is 4.14. The maximum Gasteiger partial charge on any atom is 1.00 e. The van der Waals surface area contributed by atoms with Crippen LogP contribution in [-0.4, -0.2) is 20.9 Å². The molecule has 0 aliphatic carbocycles. The van der Waals surface area contributed by atoms with Crippen molar-refractivity contribution in [3.63, 3.8) is 0 Å². The number of H-pyrrole nitrogens is 1. The maximum atomic E-state index is 10.5. The Hall–Kier alpha value is -0.910. The van der Waals surface area contributed by atoms with Crippen LogP contribution in [0.2, 0.25) is 0 Å². The molecule has 13 heavy (non-hydrogen) atoms. The zero-order valence-corrected chi connectivity index (χ0v) is 8.94. The van der Waals surface area contributed by atoms with E-state index in [-0.39, 0.29) is 35.1 Å². The van der Waals surface area contributed by atoms with Crippen molar-refractivity contribution in [2.45, 2.75) is 0 Å². The molecule has 2 rings (SSSR count). The van der Waals surface area contributed by atoms with Crippen LogP contribution in [0.5, 0.6) is 0 Å². The second-order valence-corrected chi connectivity index (χ2v) is 2.27. The maximum absolute atomic E-state index is 10.5. The van der Waals surface area contributed by atoms with Crippen LogP contribution in [0.15, 0.2) is 18.7 Å². The standard InChI is InChI=1S/C7H5N3O2.Na/c11-7(12)4-1-8-2-5-6(4)10-3-9-5;/h1-3H,(H,9,10)(H,11,12);/q;+1/p-1. The predicted octanol–water partition coefficient (Wildman–Crippen LogP) is -3.67. The van der Waals surface area contributed by atoms with Gasteiger partial charge < -0.3 is 14.9 Å². The summed E-state index contributed by atoms with van der Waals surface area (Å²) in [6.45, 7) is 0. The van der Waals surface area contributed by atoms with Crippen LogP contribution in [0, 0.1) is 0 Å². The van der Waals surface area contributed by atoms with E-state index in [2.05, 4.69) is 15.0 Å². The van der Waals surface area contributed by atoms with Crippen LogP contribution in [0.25, 0.3) is 11.0 Å². The van der Waals surface area contributed by atoms with E-state index in [1.165, 1.54) is 18.7 Å². The van der Waals surface area contributed by atoms with Gasteiger partial charge in [0.15, 0.2) is 0 Å². The van der Waals surface area contributed by atoms with Crippen molar-refractivity contribution in [3.05, 3.63) is 24.3 Å². The summed E-state index contributed by atoms with van der Waals surface area (Å²) in [6, 6.07) is 0. The van der Waals surface area contributed by atoms with Gasteiger partial charge in [-0.15, -0.1) is 0 Å². The second-order valence-electron chi connectivity index (χ2n) is 2.27. The predicted molar refractivity (Wildman–Crippen MR) is 38.2 cm³/mol. The zero-order valence-electron chi connectivity index (χ0n) is 6.94. The number of aromatic amines is 1. The van der Waals surface area contributed by atoms with Crippen molar-refractivity contribution in [2.75, 3.05) is 0 Å². The van der Waals surface area contributed by atoms with Crippen molar-refractivity contribution in [1.29, 1.82) is 0 Å². The number of nitrogens with one attached hydrogen (secondary N) is 1. The molecule has 0 aromatic carbocycles. The number of pyridine rings is 1. The molecule has 0 radical (unpaired) electrons. The minimum Gasteiger partial charge on any atom is -0.545 e. The van der Waals surface area contributed by atoms with Crippen LogP contribution in [0.3, 0.4) is 0 Å². The molecule has 0 aliphatic rings. The SMILES string of the molecule is O=C([O-])c1cncc2[nH]cnc12.[Na+]. The third kappa shape index (κ3) is 1.72. The molecule has 5 nitrogen and oxygen atoms in total. The third-order valence-corrected chi connectivity index (χ3v) is 1.55. The number of rotatable bonds is 1. The van der Waals surface area contributed by atoms with E-state index in [9.17, 15) is 9.90 Å². The van der Waals surface area contributed by atoms with Gasteiger partial charge in [0.05, 0.1) is 24.0 Å². The van der Waals surface area contributed by atoms with Gasteiger partial charge in [-0.1, -0.05) is 0 Å². The molecule has 0 aliphatic heterocycles. The van der Waals surface area contributed by atoms with E-state index in [0.717, 1.165) is 0 Å². The quantitative estimate of drug-likeness (QED) is 0.464. The van der Waals surface area contributed by atoms with Gasteiger partial charge in [0.25, 0.3) is 0 Å². The van der Waals surface area contributed by atoms with Crippen LogP contribution in [0.4, 0.5) is 0 Å². The summed E-state index contributed by atoms with van der Waals surface area (Å²) in [5.41, 5.74) is 0.982. The van der Waals surface area contributed by atoms with Crippen molar-refractivity contribution in [3.8, 4) is 0 Å². The first-order valence-corrected chi connectivity index (χ1v) is 3.27. The van der Waals surface area contributed by atoms with Crippen molar-refractivity contribution < 1.29 is 39.5 Å². The second kappa shape index (κ2) is 3.87. The number of hydrogen-bond donors (Lipinski definition) is 1. The summed E-state index contributed by atoms with van der Waals surface area (Å²) in [5, 5.41) is 10.5. The molecule has 2 aromatic rings. The van der Waals surface area contributed by atoms with E-state index < -0.39 is 5.97 Å². The average molecular weight is 185 g/mol. The normalized spacial score (nSPS) is 9.54. The fourth-order valence-electron chi connectivity index (χ4n) is 1.01. The van der Waals surface area contributed by atoms with E-state index >= 15 is 0 Å². The molecule has 60 valence electrons. The Morgan fingerprint density at radius 2 is 2.23 bits per heavy atom. The fourth-order valence-corrected chi connectivity index (χ4v) is 1.01. The molecular formula is C7H4N3NaO2. The molecule has 0 saturated heterocycles. The van der Waals surface area contributed by atoms with Gasteiger partial charge in [0.2, 0.25) is 0 Å². The molecule has 0 bridgehead atoms. The summed E-state index contributed by atoms with van der Waals surface area (Å²) in [4.78, 5) is 20.8. The number of imidazole rings is 1. The molecule has 2 aromatic heterocycles. The largest absolute Gasteiger partial charge is 1.00 e. The van der Waals surface area contributed by atoms with Gasteiger partial charge in [-0.05, 0) is 0 Å². The molecule has 0 amide bonds. The van der Waals surface area contributed by atoms with E-state index in [0.29, 0.717) is 11.0 Å². The first-order valence-electron chi connectivity index (χ1n) is 3.27. The molecule has 0 saturated carbocycles. The van der Waals surface area contributed by atoms with Gasteiger partial charge in [0.1, 0.15) is 5.52 Å². The van der Waals surface area contributed by atoms with Gasteiger partial charge in [-0.2, -0.15) is 0 Å².